The summed E-state index contributed by atoms with van der Waals surface area (Å²) in [5.74, 6) is 0.970. The van der Waals surface area contributed by atoms with Crippen molar-refractivity contribution < 1.29 is 14.3 Å². The molecule has 3 N–H and O–H groups in total. The van der Waals surface area contributed by atoms with E-state index in [4.69, 9.17) is 4.74 Å². The number of hydrogen-bond acceptors (Lipinski definition) is 4. The number of halogens is 1. The standard InChI is InChI=1S/C17H25N3O3.ClH/c1-3-23-16-7-5-4-6-14(16)15(20-12(2)21)8-17(22)19-11-13-9-18-10-13;/h4-7,13,15,18H,3,8-11H2,1-2H3,(H,19,22)(H,20,21);1H. The molecule has 0 aromatic heterocycles. The van der Waals surface area contributed by atoms with E-state index in [9.17, 15) is 9.59 Å². The van der Waals surface area contributed by atoms with Crippen molar-refractivity contribution in [2.45, 2.75) is 26.3 Å². The van der Waals surface area contributed by atoms with Crippen molar-refractivity contribution in [2.75, 3.05) is 26.2 Å². The highest BCUT2D eigenvalue weighted by Gasteiger charge is 2.22. The van der Waals surface area contributed by atoms with Gasteiger partial charge >= 0.3 is 0 Å². The summed E-state index contributed by atoms with van der Waals surface area (Å²) in [6.45, 7) is 6.46. The molecule has 0 saturated carbocycles. The molecule has 1 aliphatic rings. The number of benzene rings is 1. The zero-order valence-electron chi connectivity index (χ0n) is 14.1. The lowest BCUT2D eigenvalue weighted by atomic mass is 10.0. The second-order valence-electron chi connectivity index (χ2n) is 5.76. The van der Waals surface area contributed by atoms with Gasteiger partial charge in [-0.05, 0) is 13.0 Å². The zero-order valence-corrected chi connectivity index (χ0v) is 14.9. The third-order valence-electron chi connectivity index (χ3n) is 3.82. The molecular formula is C17H26ClN3O3. The van der Waals surface area contributed by atoms with Gasteiger partial charge in [0.05, 0.1) is 19.1 Å². The van der Waals surface area contributed by atoms with Crippen LogP contribution in [0.3, 0.4) is 0 Å². The summed E-state index contributed by atoms with van der Waals surface area (Å²) in [6.07, 6.45) is 0.198. The molecule has 0 aliphatic carbocycles. The van der Waals surface area contributed by atoms with Crippen molar-refractivity contribution in [2.24, 2.45) is 5.92 Å². The largest absolute Gasteiger partial charge is 0.494 e. The Balaban J connectivity index is 0.00000288. The third kappa shape index (κ3) is 6.02. The maximum atomic E-state index is 12.2. The van der Waals surface area contributed by atoms with Crippen LogP contribution in [0.1, 0.15) is 31.9 Å². The summed E-state index contributed by atoms with van der Waals surface area (Å²) >= 11 is 0. The quantitative estimate of drug-likeness (QED) is 0.658. The number of carbonyl (C=O) groups is 2. The molecule has 0 radical (unpaired) electrons. The van der Waals surface area contributed by atoms with Gasteiger partial charge in [0.15, 0.2) is 0 Å². The Labute approximate surface area is 149 Å². The van der Waals surface area contributed by atoms with Crippen molar-refractivity contribution in [1.29, 1.82) is 0 Å². The van der Waals surface area contributed by atoms with Crippen molar-refractivity contribution in [1.82, 2.24) is 16.0 Å². The predicted octanol–water partition coefficient (Wildman–Crippen LogP) is 1.41. The van der Waals surface area contributed by atoms with E-state index in [1.54, 1.807) is 0 Å². The number of ether oxygens (including phenoxy) is 1. The number of amides is 2. The van der Waals surface area contributed by atoms with Gasteiger partial charge in [-0.2, -0.15) is 0 Å². The Morgan fingerprint density at radius 1 is 1.33 bits per heavy atom. The Bertz CT molecular complexity index is 550. The Kier molecular flexibility index (Phi) is 8.57. The smallest absolute Gasteiger partial charge is 0.222 e. The topological polar surface area (TPSA) is 79.5 Å². The van der Waals surface area contributed by atoms with Crippen LogP contribution < -0.4 is 20.7 Å². The van der Waals surface area contributed by atoms with Gasteiger partial charge in [0.1, 0.15) is 5.75 Å². The van der Waals surface area contributed by atoms with Crippen LogP contribution in [0.25, 0.3) is 0 Å². The van der Waals surface area contributed by atoms with Crippen LogP contribution in [0.15, 0.2) is 24.3 Å². The highest BCUT2D eigenvalue weighted by molar-refractivity contribution is 5.85. The predicted molar refractivity (Wildman–Crippen MR) is 95.4 cm³/mol. The Morgan fingerprint density at radius 2 is 2.04 bits per heavy atom. The van der Waals surface area contributed by atoms with Crippen LogP contribution in [0, 0.1) is 5.92 Å². The number of carbonyl (C=O) groups excluding carboxylic acids is 2. The van der Waals surface area contributed by atoms with Gasteiger partial charge in [-0.1, -0.05) is 18.2 Å². The number of hydrogen-bond donors (Lipinski definition) is 3. The van der Waals surface area contributed by atoms with E-state index >= 15 is 0 Å². The summed E-state index contributed by atoms with van der Waals surface area (Å²) in [6, 6.07) is 7.10. The first kappa shape index (κ1) is 20.3. The van der Waals surface area contributed by atoms with E-state index in [0.717, 1.165) is 18.7 Å². The molecule has 1 aromatic carbocycles. The molecular weight excluding hydrogens is 330 g/mol. The van der Waals surface area contributed by atoms with E-state index in [0.29, 0.717) is 24.8 Å². The van der Waals surface area contributed by atoms with Gasteiger partial charge in [-0.15, -0.1) is 12.4 Å². The second-order valence-corrected chi connectivity index (χ2v) is 5.76. The monoisotopic (exact) mass is 355 g/mol. The van der Waals surface area contributed by atoms with Crippen molar-refractivity contribution in [3.05, 3.63) is 29.8 Å². The molecule has 1 saturated heterocycles. The Morgan fingerprint density at radius 3 is 2.62 bits per heavy atom. The van der Waals surface area contributed by atoms with Gasteiger partial charge < -0.3 is 20.7 Å². The maximum absolute atomic E-state index is 12.2. The number of rotatable bonds is 8. The lowest BCUT2D eigenvalue weighted by Crippen LogP contribution is -2.48. The van der Waals surface area contributed by atoms with Crippen LogP contribution in [0.2, 0.25) is 0 Å². The fourth-order valence-corrected chi connectivity index (χ4v) is 2.55. The molecule has 1 aliphatic heterocycles. The molecule has 2 rings (SSSR count). The minimum atomic E-state index is -0.394. The summed E-state index contributed by atoms with van der Waals surface area (Å²) in [5, 5.41) is 8.96. The molecule has 0 spiro atoms. The molecule has 6 nitrogen and oxygen atoms in total. The van der Waals surface area contributed by atoms with Gasteiger partial charge in [-0.25, -0.2) is 0 Å². The highest BCUT2D eigenvalue weighted by Crippen LogP contribution is 2.27. The maximum Gasteiger partial charge on any atom is 0.222 e. The third-order valence-corrected chi connectivity index (χ3v) is 3.82. The molecule has 134 valence electrons. The first-order valence-corrected chi connectivity index (χ1v) is 8.06. The summed E-state index contributed by atoms with van der Waals surface area (Å²) in [5.41, 5.74) is 0.824. The lowest BCUT2D eigenvalue weighted by molar-refractivity contribution is -0.123. The molecule has 1 unspecified atom stereocenters. The Hall–Kier alpha value is -1.79. The summed E-state index contributed by atoms with van der Waals surface area (Å²) in [4.78, 5) is 23.7. The molecule has 1 fully saturated rings. The first-order valence-electron chi connectivity index (χ1n) is 8.06. The van der Waals surface area contributed by atoms with E-state index in [-0.39, 0.29) is 30.6 Å². The molecule has 1 atom stereocenters. The average Bonchev–Trinajstić information content (AvgIpc) is 2.45. The van der Waals surface area contributed by atoms with Gasteiger partial charge in [0.2, 0.25) is 11.8 Å². The summed E-state index contributed by atoms with van der Waals surface area (Å²) < 4.78 is 5.61. The lowest BCUT2D eigenvalue weighted by Gasteiger charge is -2.27. The van der Waals surface area contributed by atoms with Crippen LogP contribution in [-0.2, 0) is 9.59 Å². The van der Waals surface area contributed by atoms with Crippen LogP contribution in [0.4, 0.5) is 0 Å². The fourth-order valence-electron chi connectivity index (χ4n) is 2.55. The average molecular weight is 356 g/mol. The molecule has 0 bridgehead atoms. The van der Waals surface area contributed by atoms with Crippen LogP contribution in [0.5, 0.6) is 5.75 Å². The van der Waals surface area contributed by atoms with Gasteiger partial charge in [0.25, 0.3) is 0 Å². The minimum absolute atomic E-state index is 0. The van der Waals surface area contributed by atoms with E-state index in [1.165, 1.54) is 6.92 Å². The van der Waals surface area contributed by atoms with Crippen molar-refractivity contribution >= 4 is 24.2 Å². The van der Waals surface area contributed by atoms with Crippen LogP contribution >= 0.6 is 12.4 Å². The normalized spacial score (nSPS) is 14.8. The number of para-hydroxylation sites is 1. The number of nitrogens with one attached hydrogen (secondary N) is 3. The molecule has 7 heteroatoms. The van der Waals surface area contributed by atoms with Crippen molar-refractivity contribution in [3.8, 4) is 5.75 Å². The van der Waals surface area contributed by atoms with E-state index in [1.807, 2.05) is 31.2 Å². The summed E-state index contributed by atoms with van der Waals surface area (Å²) in [7, 11) is 0. The fraction of sp³-hybridized carbons (Fsp3) is 0.529. The molecule has 1 heterocycles. The first-order chi connectivity index (χ1) is 11.1. The molecule has 24 heavy (non-hydrogen) atoms. The molecule has 1 aromatic rings. The van der Waals surface area contributed by atoms with Crippen LogP contribution in [-0.4, -0.2) is 38.1 Å². The van der Waals surface area contributed by atoms with Gasteiger partial charge in [-0.3, -0.25) is 9.59 Å². The second kappa shape index (κ2) is 10.2. The highest BCUT2D eigenvalue weighted by atomic mass is 35.5. The zero-order chi connectivity index (χ0) is 16.7. The van der Waals surface area contributed by atoms with E-state index in [2.05, 4.69) is 16.0 Å². The molecule has 2 amide bonds. The van der Waals surface area contributed by atoms with E-state index < -0.39 is 6.04 Å². The minimum Gasteiger partial charge on any atom is -0.494 e. The van der Waals surface area contributed by atoms with Crippen molar-refractivity contribution in [3.63, 3.8) is 0 Å². The van der Waals surface area contributed by atoms with Gasteiger partial charge in [0, 0.05) is 38.0 Å². The SMILES string of the molecule is CCOc1ccccc1C(CC(=O)NCC1CNC1)NC(C)=O.Cl.